The highest BCUT2D eigenvalue weighted by Gasteiger charge is 2.39. The molecule has 2 N–H and O–H groups in total. The van der Waals surface area contributed by atoms with Crippen LogP contribution in [0.3, 0.4) is 0 Å². The molecule has 0 spiro atoms. The van der Waals surface area contributed by atoms with E-state index in [1.165, 1.54) is 6.20 Å². The van der Waals surface area contributed by atoms with Crippen LogP contribution in [-0.2, 0) is 17.8 Å². The van der Waals surface area contributed by atoms with Crippen molar-refractivity contribution in [2.45, 2.75) is 19.2 Å². The normalized spacial score (nSPS) is 21.0. The Morgan fingerprint density at radius 1 is 1.45 bits per heavy atom. The quantitative estimate of drug-likeness (QED) is 0.576. The van der Waals surface area contributed by atoms with Crippen LogP contribution in [0.1, 0.15) is 16.1 Å². The van der Waals surface area contributed by atoms with Crippen molar-refractivity contribution in [2.75, 3.05) is 26.2 Å². The van der Waals surface area contributed by atoms with E-state index in [4.69, 9.17) is 0 Å². The molecule has 0 aromatic carbocycles. The number of carbonyl (C=O) groups is 1. The number of amides is 1. The summed E-state index contributed by atoms with van der Waals surface area (Å²) in [4.78, 5) is 13.4. The standard InChI is InChI=1S/C11H14F2N4O2.ClH/c12-11(13)7-16(3-4-19-11)10(18)8-5-15-17-2-1-14-6-9(8)17;/h5,14H,1-4,6-7H2;1H. The molecule has 0 atom stereocenters. The average molecular weight is 309 g/mol. The zero-order chi connectivity index (χ0) is 13.5. The molecule has 1 aromatic rings. The molecule has 1 saturated heterocycles. The monoisotopic (exact) mass is 308 g/mol. The molecule has 20 heavy (non-hydrogen) atoms. The molecule has 2 aliphatic rings. The maximum Gasteiger partial charge on any atom is 0.373 e. The van der Waals surface area contributed by atoms with Crippen molar-refractivity contribution in [3.63, 3.8) is 0 Å². The fourth-order valence-electron chi connectivity index (χ4n) is 2.45. The lowest BCUT2D eigenvalue weighted by Gasteiger charge is -2.32. The molecule has 1 aromatic heterocycles. The van der Waals surface area contributed by atoms with Gasteiger partial charge in [0.15, 0.2) is 0 Å². The summed E-state index contributed by atoms with van der Waals surface area (Å²) in [5.74, 6) is -0.389. The van der Waals surface area contributed by atoms with E-state index in [0.29, 0.717) is 12.1 Å². The summed E-state index contributed by atoms with van der Waals surface area (Å²) < 4.78 is 32.4. The lowest BCUT2D eigenvalue weighted by atomic mass is 10.2. The number of nitrogens with two attached hydrogens (primary N) is 1. The van der Waals surface area contributed by atoms with E-state index in [-0.39, 0.29) is 31.5 Å². The maximum atomic E-state index is 13.2. The zero-order valence-corrected chi connectivity index (χ0v) is 11.4. The number of nitrogens with zero attached hydrogens (tertiary/aromatic N) is 3. The number of morpholine rings is 1. The average Bonchev–Trinajstić information content (AvgIpc) is 2.80. The summed E-state index contributed by atoms with van der Waals surface area (Å²) in [7, 11) is 0. The molecule has 3 heterocycles. The highest BCUT2D eigenvalue weighted by molar-refractivity contribution is 5.95. The molecule has 0 bridgehead atoms. The summed E-state index contributed by atoms with van der Waals surface area (Å²) >= 11 is 0. The summed E-state index contributed by atoms with van der Waals surface area (Å²) in [6, 6.07) is 0. The molecule has 0 saturated carbocycles. The van der Waals surface area contributed by atoms with Crippen LogP contribution in [0.5, 0.6) is 0 Å². The lowest BCUT2D eigenvalue weighted by molar-refractivity contribution is -0.677. The molecule has 6 nitrogen and oxygen atoms in total. The molecular weight excluding hydrogens is 294 g/mol. The Bertz CT molecular complexity index is 509. The minimum Gasteiger partial charge on any atom is -1.00 e. The highest BCUT2D eigenvalue weighted by Crippen LogP contribution is 2.23. The molecule has 0 unspecified atom stereocenters. The number of rotatable bonds is 1. The number of carbonyl (C=O) groups excluding carboxylic acids is 1. The topological polar surface area (TPSA) is 64.0 Å². The van der Waals surface area contributed by atoms with Gasteiger partial charge in [0.25, 0.3) is 5.91 Å². The zero-order valence-electron chi connectivity index (χ0n) is 10.7. The number of aromatic nitrogens is 2. The van der Waals surface area contributed by atoms with Crippen molar-refractivity contribution in [1.29, 1.82) is 0 Å². The Balaban J connectivity index is 0.00000147. The van der Waals surface area contributed by atoms with Gasteiger partial charge in [-0.05, 0) is 0 Å². The first-order chi connectivity index (χ1) is 9.07. The molecule has 0 radical (unpaired) electrons. The van der Waals surface area contributed by atoms with Gasteiger partial charge in [-0.15, -0.1) is 0 Å². The molecule has 9 heteroatoms. The maximum absolute atomic E-state index is 13.2. The summed E-state index contributed by atoms with van der Waals surface area (Å²) in [5.41, 5.74) is 1.24. The molecule has 112 valence electrons. The van der Waals surface area contributed by atoms with Gasteiger partial charge in [0.1, 0.15) is 18.8 Å². The summed E-state index contributed by atoms with van der Waals surface area (Å²) in [6.07, 6.45) is -1.78. The van der Waals surface area contributed by atoms with Crippen LogP contribution in [0.25, 0.3) is 0 Å². The Labute approximate surface area is 120 Å². The van der Waals surface area contributed by atoms with E-state index >= 15 is 0 Å². The van der Waals surface area contributed by atoms with E-state index in [1.54, 1.807) is 4.68 Å². The number of hydrogen-bond donors (Lipinski definition) is 1. The first-order valence-corrected chi connectivity index (χ1v) is 6.24. The Morgan fingerprint density at radius 3 is 3.00 bits per heavy atom. The smallest absolute Gasteiger partial charge is 0.373 e. The minimum absolute atomic E-state index is 0. The van der Waals surface area contributed by atoms with Crippen LogP contribution in [-0.4, -0.2) is 52.9 Å². The third kappa shape index (κ3) is 2.77. The van der Waals surface area contributed by atoms with E-state index < -0.39 is 12.7 Å². The minimum atomic E-state index is -3.26. The summed E-state index contributed by atoms with van der Waals surface area (Å²) in [6.45, 7) is 1.65. The fourth-order valence-corrected chi connectivity index (χ4v) is 2.45. The van der Waals surface area contributed by atoms with Crippen molar-refractivity contribution in [2.24, 2.45) is 0 Å². The van der Waals surface area contributed by atoms with Gasteiger partial charge < -0.3 is 27.4 Å². The second kappa shape index (κ2) is 5.63. The van der Waals surface area contributed by atoms with Gasteiger partial charge in [0.2, 0.25) is 0 Å². The SMILES string of the molecule is O=C(c1cnn2c1C[NH2+]CC2)N1CCOC(F)(F)C1.[Cl-]. The Kier molecular flexibility index (Phi) is 4.26. The van der Waals surface area contributed by atoms with Crippen LogP contribution in [0, 0.1) is 0 Å². The molecular formula is C11H15ClF2N4O2. The predicted octanol–water partition coefficient (Wildman–Crippen LogP) is -3.97. The van der Waals surface area contributed by atoms with Crippen LogP contribution in [0.15, 0.2) is 6.20 Å². The number of alkyl halides is 2. The van der Waals surface area contributed by atoms with E-state index in [2.05, 4.69) is 15.2 Å². The van der Waals surface area contributed by atoms with Gasteiger partial charge in [-0.2, -0.15) is 13.9 Å². The highest BCUT2D eigenvalue weighted by atomic mass is 35.5. The summed E-state index contributed by atoms with van der Waals surface area (Å²) in [5, 5.41) is 6.21. The Morgan fingerprint density at radius 2 is 2.25 bits per heavy atom. The van der Waals surface area contributed by atoms with Crippen molar-refractivity contribution >= 4 is 5.91 Å². The van der Waals surface area contributed by atoms with Crippen LogP contribution < -0.4 is 17.7 Å². The van der Waals surface area contributed by atoms with Gasteiger partial charge in [-0.25, -0.2) is 0 Å². The van der Waals surface area contributed by atoms with E-state index in [1.807, 2.05) is 0 Å². The third-order valence-electron chi connectivity index (χ3n) is 3.40. The van der Waals surface area contributed by atoms with E-state index in [0.717, 1.165) is 23.7 Å². The second-order valence-electron chi connectivity index (χ2n) is 4.72. The van der Waals surface area contributed by atoms with Gasteiger partial charge in [0, 0.05) is 6.54 Å². The van der Waals surface area contributed by atoms with Crippen molar-refractivity contribution < 1.29 is 36.0 Å². The second-order valence-corrected chi connectivity index (χ2v) is 4.72. The van der Waals surface area contributed by atoms with Crippen molar-refractivity contribution in [3.8, 4) is 0 Å². The van der Waals surface area contributed by atoms with Crippen LogP contribution in [0.2, 0.25) is 0 Å². The molecule has 0 aliphatic carbocycles. The molecule has 1 amide bonds. The Hall–Kier alpha value is -1.25. The van der Waals surface area contributed by atoms with Gasteiger partial charge >= 0.3 is 6.11 Å². The molecule has 3 rings (SSSR count). The lowest BCUT2D eigenvalue weighted by Crippen LogP contribution is -3.00. The number of fused-ring (bicyclic) bond motifs is 1. The number of halogens is 3. The number of hydrogen-bond acceptors (Lipinski definition) is 3. The first-order valence-electron chi connectivity index (χ1n) is 6.24. The number of ether oxygens (including phenoxy) is 1. The van der Waals surface area contributed by atoms with Gasteiger partial charge in [-0.1, -0.05) is 0 Å². The molecule has 2 aliphatic heterocycles. The fraction of sp³-hybridized carbons (Fsp3) is 0.636. The van der Waals surface area contributed by atoms with Crippen molar-refractivity contribution in [1.82, 2.24) is 14.7 Å². The van der Waals surface area contributed by atoms with Crippen LogP contribution in [0.4, 0.5) is 8.78 Å². The van der Waals surface area contributed by atoms with E-state index in [9.17, 15) is 13.6 Å². The first kappa shape index (κ1) is 15.1. The van der Waals surface area contributed by atoms with Crippen LogP contribution >= 0.6 is 0 Å². The van der Waals surface area contributed by atoms with Gasteiger partial charge in [-0.3, -0.25) is 9.48 Å². The third-order valence-corrected chi connectivity index (χ3v) is 3.40. The number of quaternary nitrogens is 1. The van der Waals surface area contributed by atoms with Gasteiger partial charge in [0.05, 0.1) is 31.5 Å². The molecule has 1 fully saturated rings. The van der Waals surface area contributed by atoms with Crippen molar-refractivity contribution in [3.05, 3.63) is 17.5 Å². The largest absolute Gasteiger partial charge is 1.00 e. The predicted molar refractivity (Wildman–Crippen MR) is 59.5 cm³/mol.